The average Bonchev–Trinajstić information content (AvgIpc) is 3.20. The Labute approximate surface area is 135 Å². The number of rotatable bonds is 4. The highest BCUT2D eigenvalue weighted by Gasteiger charge is 2.35. The standard InChI is InChI=1S/C16H23N5O2/c1-10(2)21-14(4-5-17-21)16(23)20-8-12(15(22)9-20)7-13-6-11(3)18-19-13/h4-6,10,12,15,22H,7-9H2,1-3H3,(H,18,19)/t12-,15-/m1/s1. The van der Waals surface area contributed by atoms with E-state index >= 15 is 0 Å². The summed E-state index contributed by atoms with van der Waals surface area (Å²) in [7, 11) is 0. The molecule has 7 heteroatoms. The lowest BCUT2D eigenvalue weighted by Gasteiger charge is -2.18. The van der Waals surface area contributed by atoms with E-state index in [2.05, 4.69) is 15.3 Å². The Morgan fingerprint density at radius 3 is 2.91 bits per heavy atom. The summed E-state index contributed by atoms with van der Waals surface area (Å²) in [5, 5.41) is 21.6. The number of aromatic nitrogens is 4. The molecule has 0 aliphatic carbocycles. The Balaban J connectivity index is 1.70. The fourth-order valence-electron chi connectivity index (χ4n) is 3.13. The molecule has 2 aromatic rings. The van der Waals surface area contributed by atoms with Crippen molar-refractivity contribution in [3.8, 4) is 0 Å². The van der Waals surface area contributed by atoms with Gasteiger partial charge in [-0.1, -0.05) is 0 Å². The van der Waals surface area contributed by atoms with E-state index in [-0.39, 0.29) is 17.9 Å². The van der Waals surface area contributed by atoms with Gasteiger partial charge in [0.25, 0.3) is 5.91 Å². The summed E-state index contributed by atoms with van der Waals surface area (Å²) in [6.07, 6.45) is 1.79. The Kier molecular flexibility index (Phi) is 4.21. The zero-order chi connectivity index (χ0) is 16.6. The lowest BCUT2D eigenvalue weighted by atomic mass is 10.0. The summed E-state index contributed by atoms with van der Waals surface area (Å²) < 4.78 is 1.72. The second-order valence-electron chi connectivity index (χ2n) is 6.54. The van der Waals surface area contributed by atoms with Crippen molar-refractivity contribution in [3.05, 3.63) is 35.4 Å². The van der Waals surface area contributed by atoms with Crippen molar-refractivity contribution in [1.82, 2.24) is 24.9 Å². The minimum Gasteiger partial charge on any atom is -0.391 e. The molecule has 7 nitrogen and oxygen atoms in total. The third-order valence-electron chi connectivity index (χ3n) is 4.30. The van der Waals surface area contributed by atoms with Crippen LogP contribution in [-0.2, 0) is 6.42 Å². The Bertz CT molecular complexity index is 690. The molecule has 3 heterocycles. The van der Waals surface area contributed by atoms with Crippen LogP contribution >= 0.6 is 0 Å². The fourth-order valence-corrected chi connectivity index (χ4v) is 3.13. The maximum absolute atomic E-state index is 12.7. The Hall–Kier alpha value is -2.15. The third-order valence-corrected chi connectivity index (χ3v) is 4.30. The summed E-state index contributed by atoms with van der Waals surface area (Å²) in [6.45, 7) is 6.83. The van der Waals surface area contributed by atoms with Crippen molar-refractivity contribution >= 4 is 5.91 Å². The van der Waals surface area contributed by atoms with Crippen LogP contribution in [0.4, 0.5) is 0 Å². The Morgan fingerprint density at radius 1 is 1.48 bits per heavy atom. The Morgan fingerprint density at radius 2 is 2.26 bits per heavy atom. The number of aliphatic hydroxyl groups excluding tert-OH is 1. The summed E-state index contributed by atoms with van der Waals surface area (Å²) in [4.78, 5) is 14.4. The number of β-amino-alcohol motifs (C(OH)–C–C–N with tert-alkyl or cyclic N) is 1. The highest BCUT2D eigenvalue weighted by atomic mass is 16.3. The summed E-state index contributed by atoms with van der Waals surface area (Å²) in [5.74, 6) is -0.0620. The van der Waals surface area contributed by atoms with E-state index in [1.54, 1.807) is 21.8 Å². The summed E-state index contributed by atoms with van der Waals surface area (Å²) in [5.41, 5.74) is 2.50. The number of nitrogens with zero attached hydrogens (tertiary/aromatic N) is 4. The predicted molar refractivity (Wildman–Crippen MR) is 85.0 cm³/mol. The molecule has 2 N–H and O–H groups in total. The van der Waals surface area contributed by atoms with Crippen LogP contribution in [0.25, 0.3) is 0 Å². The second-order valence-corrected chi connectivity index (χ2v) is 6.54. The van der Waals surface area contributed by atoms with Gasteiger partial charge in [0.2, 0.25) is 0 Å². The highest BCUT2D eigenvalue weighted by Crippen LogP contribution is 2.23. The van der Waals surface area contributed by atoms with Crippen LogP contribution in [0.5, 0.6) is 0 Å². The van der Waals surface area contributed by atoms with Crippen molar-refractivity contribution in [2.75, 3.05) is 13.1 Å². The van der Waals surface area contributed by atoms with Crippen molar-refractivity contribution in [2.45, 2.75) is 39.3 Å². The van der Waals surface area contributed by atoms with E-state index in [0.29, 0.717) is 25.2 Å². The van der Waals surface area contributed by atoms with Gasteiger partial charge in [-0.05, 0) is 39.3 Å². The van der Waals surface area contributed by atoms with Crippen LogP contribution in [0.1, 0.15) is 41.8 Å². The van der Waals surface area contributed by atoms with Crippen molar-refractivity contribution < 1.29 is 9.90 Å². The molecule has 1 amide bonds. The van der Waals surface area contributed by atoms with Crippen LogP contribution in [0.15, 0.2) is 18.3 Å². The quantitative estimate of drug-likeness (QED) is 0.886. The normalized spacial score (nSPS) is 21.3. The molecule has 124 valence electrons. The van der Waals surface area contributed by atoms with E-state index in [1.165, 1.54) is 0 Å². The topological polar surface area (TPSA) is 87.0 Å². The van der Waals surface area contributed by atoms with Crippen molar-refractivity contribution in [1.29, 1.82) is 0 Å². The molecular formula is C16H23N5O2. The van der Waals surface area contributed by atoms with Crippen LogP contribution in [0, 0.1) is 12.8 Å². The minimum absolute atomic E-state index is 0.0112. The van der Waals surface area contributed by atoms with Gasteiger partial charge in [-0.15, -0.1) is 0 Å². The van der Waals surface area contributed by atoms with Gasteiger partial charge >= 0.3 is 0 Å². The number of carbonyl (C=O) groups excluding carboxylic acids is 1. The molecule has 23 heavy (non-hydrogen) atoms. The first-order valence-corrected chi connectivity index (χ1v) is 7.97. The first-order chi connectivity index (χ1) is 11.0. The molecule has 0 aromatic carbocycles. The van der Waals surface area contributed by atoms with Crippen LogP contribution in [0.2, 0.25) is 0 Å². The van der Waals surface area contributed by atoms with E-state index in [0.717, 1.165) is 11.4 Å². The number of nitrogens with one attached hydrogen (secondary N) is 1. The van der Waals surface area contributed by atoms with Crippen LogP contribution < -0.4 is 0 Å². The number of amides is 1. The first kappa shape index (κ1) is 15.7. The lowest BCUT2D eigenvalue weighted by Crippen LogP contribution is -2.31. The molecule has 0 bridgehead atoms. The molecular weight excluding hydrogens is 294 g/mol. The van der Waals surface area contributed by atoms with Crippen LogP contribution in [-0.4, -0.2) is 55.1 Å². The van der Waals surface area contributed by atoms with Crippen molar-refractivity contribution in [3.63, 3.8) is 0 Å². The van der Waals surface area contributed by atoms with E-state index in [4.69, 9.17) is 0 Å². The van der Waals surface area contributed by atoms with Gasteiger partial charge in [0.15, 0.2) is 0 Å². The van der Waals surface area contributed by atoms with Gasteiger partial charge in [-0.2, -0.15) is 10.2 Å². The fraction of sp³-hybridized carbons (Fsp3) is 0.562. The first-order valence-electron chi connectivity index (χ1n) is 7.97. The van der Waals surface area contributed by atoms with Gasteiger partial charge in [-0.25, -0.2) is 0 Å². The van der Waals surface area contributed by atoms with E-state index in [9.17, 15) is 9.90 Å². The number of hydrogen-bond acceptors (Lipinski definition) is 4. The third kappa shape index (κ3) is 3.14. The molecule has 0 radical (unpaired) electrons. The zero-order valence-corrected chi connectivity index (χ0v) is 13.7. The molecule has 0 spiro atoms. The monoisotopic (exact) mass is 317 g/mol. The van der Waals surface area contributed by atoms with Gasteiger partial charge in [0.1, 0.15) is 5.69 Å². The molecule has 2 atom stereocenters. The van der Waals surface area contributed by atoms with Gasteiger partial charge < -0.3 is 10.0 Å². The smallest absolute Gasteiger partial charge is 0.272 e. The molecule has 1 aliphatic heterocycles. The average molecular weight is 317 g/mol. The number of aromatic amines is 1. The molecule has 3 rings (SSSR count). The number of H-pyrrole nitrogens is 1. The predicted octanol–water partition coefficient (Wildman–Crippen LogP) is 1.17. The summed E-state index contributed by atoms with van der Waals surface area (Å²) in [6, 6.07) is 3.84. The molecule has 0 saturated carbocycles. The number of hydrogen-bond donors (Lipinski definition) is 2. The molecule has 1 aliphatic rings. The molecule has 1 fully saturated rings. The largest absolute Gasteiger partial charge is 0.391 e. The maximum atomic E-state index is 12.7. The molecule has 0 unspecified atom stereocenters. The summed E-state index contributed by atoms with van der Waals surface area (Å²) >= 11 is 0. The van der Waals surface area contributed by atoms with Gasteiger partial charge in [-0.3, -0.25) is 14.6 Å². The lowest BCUT2D eigenvalue weighted by molar-refractivity contribution is 0.0750. The number of aryl methyl sites for hydroxylation is 1. The highest BCUT2D eigenvalue weighted by molar-refractivity contribution is 5.92. The van der Waals surface area contributed by atoms with E-state index in [1.807, 2.05) is 26.8 Å². The van der Waals surface area contributed by atoms with Gasteiger partial charge in [0, 0.05) is 36.9 Å². The second kappa shape index (κ2) is 6.16. The number of aliphatic hydroxyl groups is 1. The maximum Gasteiger partial charge on any atom is 0.272 e. The molecule has 2 aromatic heterocycles. The zero-order valence-electron chi connectivity index (χ0n) is 13.7. The van der Waals surface area contributed by atoms with E-state index < -0.39 is 6.10 Å². The van der Waals surface area contributed by atoms with Crippen LogP contribution in [0.3, 0.4) is 0 Å². The van der Waals surface area contributed by atoms with Crippen molar-refractivity contribution in [2.24, 2.45) is 5.92 Å². The minimum atomic E-state index is -0.522. The number of likely N-dealkylation sites (tertiary alicyclic amines) is 1. The van der Waals surface area contributed by atoms with Gasteiger partial charge in [0.05, 0.1) is 11.8 Å². The number of carbonyl (C=O) groups is 1. The molecule has 1 saturated heterocycles. The SMILES string of the molecule is Cc1cc(C[C@@H]2CN(C(=O)c3ccnn3C(C)C)C[C@H]2O)n[nH]1.